The number of hydrogen-bond donors (Lipinski definition) is 6. The van der Waals surface area contributed by atoms with Crippen LogP contribution >= 0.6 is 7.60 Å². The largest absolute Gasteiger partial charge is 0.508 e. The molecule has 0 fully saturated rings. The average Bonchev–Trinajstić information content (AvgIpc) is 2.76. The Balaban J connectivity index is 3.22. The van der Waals surface area contributed by atoms with Crippen molar-refractivity contribution in [1.82, 2.24) is 15.5 Å². The second-order valence-corrected chi connectivity index (χ2v) is 10.2. The van der Waals surface area contributed by atoms with E-state index in [9.17, 15) is 38.6 Å². The number of phenols is 1. The van der Waals surface area contributed by atoms with Crippen LogP contribution in [0.5, 0.6) is 5.75 Å². The number of aliphatic carboxylic acids is 1. The van der Waals surface area contributed by atoms with Crippen LogP contribution in [-0.2, 0) is 30.2 Å². The van der Waals surface area contributed by atoms with Crippen LogP contribution < -0.4 is 10.6 Å². The molecule has 1 rings (SSSR count). The molecule has 12 nitrogen and oxygen atoms in total. The minimum Gasteiger partial charge on any atom is -0.508 e. The van der Waals surface area contributed by atoms with Gasteiger partial charge in [-0.3, -0.25) is 23.7 Å². The van der Waals surface area contributed by atoms with Crippen LogP contribution in [0.15, 0.2) is 24.3 Å². The van der Waals surface area contributed by atoms with Crippen LogP contribution in [0.1, 0.15) is 45.6 Å². The third kappa shape index (κ3) is 9.67. The summed E-state index contributed by atoms with van der Waals surface area (Å²) in [5.74, 6) is -5.26. The fraction of sp³-hybridized carbons (Fsp3) is 0.545. The number of amides is 3. The number of nitrogens with zero attached hydrogens (tertiary/aromatic N) is 1. The summed E-state index contributed by atoms with van der Waals surface area (Å²) >= 11 is 0. The lowest BCUT2D eigenvalue weighted by atomic mass is 9.96. The number of aromatic hydroxyl groups is 1. The van der Waals surface area contributed by atoms with Crippen LogP contribution in [0.3, 0.4) is 0 Å². The molecule has 1 aromatic carbocycles. The van der Waals surface area contributed by atoms with Crippen molar-refractivity contribution in [3.05, 3.63) is 29.8 Å². The van der Waals surface area contributed by atoms with Gasteiger partial charge in [-0.1, -0.05) is 32.4 Å². The van der Waals surface area contributed by atoms with E-state index in [2.05, 4.69) is 10.6 Å². The first kappa shape index (κ1) is 30.1. The molecule has 0 aliphatic rings. The van der Waals surface area contributed by atoms with Gasteiger partial charge < -0.3 is 35.5 Å². The number of hydrogen-bond acceptors (Lipinski definition) is 6. The minimum absolute atomic E-state index is 0.0468. The van der Waals surface area contributed by atoms with Gasteiger partial charge >= 0.3 is 13.6 Å². The Morgan fingerprint density at radius 3 is 2.11 bits per heavy atom. The van der Waals surface area contributed by atoms with Crippen molar-refractivity contribution in [3.63, 3.8) is 0 Å². The van der Waals surface area contributed by atoms with Crippen molar-refractivity contribution in [2.24, 2.45) is 5.92 Å². The van der Waals surface area contributed by atoms with Crippen LogP contribution in [0.4, 0.5) is 0 Å². The molecule has 0 saturated carbocycles. The zero-order valence-electron chi connectivity index (χ0n) is 20.2. The quantitative estimate of drug-likeness (QED) is 0.206. The summed E-state index contributed by atoms with van der Waals surface area (Å²) in [6, 6.07) is 3.18. The van der Waals surface area contributed by atoms with Gasteiger partial charge in [-0.2, -0.15) is 0 Å². The Labute approximate surface area is 203 Å². The maximum absolute atomic E-state index is 13.2. The second kappa shape index (κ2) is 13.2. The van der Waals surface area contributed by atoms with E-state index in [0.717, 1.165) is 4.90 Å². The molecule has 0 heterocycles. The number of phenolic OH excluding ortho intramolecular Hbond substituents is 1. The number of benzene rings is 1. The molecule has 3 amide bonds. The molecule has 0 aliphatic carbocycles. The van der Waals surface area contributed by atoms with Crippen molar-refractivity contribution in [2.45, 2.75) is 64.3 Å². The fourth-order valence-corrected chi connectivity index (χ4v) is 4.15. The minimum atomic E-state index is -4.87. The monoisotopic (exact) mass is 515 g/mol. The molecule has 4 atom stereocenters. The highest BCUT2D eigenvalue weighted by atomic mass is 31.2. The topological polar surface area (TPSA) is 194 Å². The molecule has 0 aromatic heterocycles. The van der Waals surface area contributed by atoms with Gasteiger partial charge in [-0.15, -0.1) is 0 Å². The smallest absolute Gasteiger partial charge is 0.347 e. The molecule has 0 radical (unpaired) electrons. The summed E-state index contributed by atoms with van der Waals surface area (Å²) in [4.78, 5) is 69.7. The van der Waals surface area contributed by atoms with E-state index >= 15 is 0 Å². The van der Waals surface area contributed by atoms with E-state index in [1.807, 2.05) is 6.92 Å². The number of carboxylic acid groups (broad SMARTS) is 1. The van der Waals surface area contributed by atoms with Crippen LogP contribution in [0.2, 0.25) is 0 Å². The number of carbonyl (C=O) groups is 4. The molecule has 6 N–H and O–H groups in total. The van der Waals surface area contributed by atoms with E-state index in [0.29, 0.717) is 12.0 Å². The number of carbonyl (C=O) groups excluding carboxylic acids is 3. The number of rotatable bonds is 13. The highest BCUT2D eigenvalue weighted by molar-refractivity contribution is 7.52. The Bertz CT molecular complexity index is 948. The van der Waals surface area contributed by atoms with Gasteiger partial charge in [0.25, 0.3) is 0 Å². The van der Waals surface area contributed by atoms with Crippen LogP contribution in [-0.4, -0.2) is 73.5 Å². The van der Waals surface area contributed by atoms with Gasteiger partial charge in [0.15, 0.2) is 0 Å². The summed E-state index contributed by atoms with van der Waals surface area (Å²) in [5, 5.41) is 23.3. The molecule has 0 spiro atoms. The first-order valence-corrected chi connectivity index (χ1v) is 12.7. The standard InChI is InChI=1S/C22H34N3O9P/c1-5-13(2)20(23-14(3)26)22(31)25(4)17(10-11-19(28)29)21(30)24-18(35(32,33)34)12-15-6-8-16(27)9-7-15/h6-9,13,17-18,20,27H,5,10-12H2,1-4H3,(H,23,26)(H,24,30)(H,28,29)(H2,32,33,34). The van der Waals surface area contributed by atoms with E-state index in [4.69, 9.17) is 5.11 Å². The van der Waals surface area contributed by atoms with Gasteiger partial charge in [-0.25, -0.2) is 0 Å². The Morgan fingerprint density at radius 1 is 1.09 bits per heavy atom. The molecule has 0 bridgehead atoms. The summed E-state index contributed by atoms with van der Waals surface area (Å²) in [7, 11) is -3.59. The van der Waals surface area contributed by atoms with E-state index < -0.39 is 55.6 Å². The van der Waals surface area contributed by atoms with Gasteiger partial charge in [0.1, 0.15) is 23.6 Å². The van der Waals surface area contributed by atoms with Crippen molar-refractivity contribution in [1.29, 1.82) is 0 Å². The lowest BCUT2D eigenvalue weighted by molar-refractivity contribution is -0.144. The van der Waals surface area contributed by atoms with Crippen molar-refractivity contribution < 1.29 is 43.7 Å². The van der Waals surface area contributed by atoms with Crippen molar-refractivity contribution >= 4 is 31.3 Å². The molecular formula is C22H34N3O9P. The zero-order chi connectivity index (χ0) is 26.9. The summed E-state index contributed by atoms with van der Waals surface area (Å²) in [5.41, 5.74) is 0.422. The molecule has 1 aromatic rings. The van der Waals surface area contributed by atoms with Gasteiger partial charge in [-0.05, 0) is 30.0 Å². The molecule has 35 heavy (non-hydrogen) atoms. The van der Waals surface area contributed by atoms with Crippen LogP contribution in [0.25, 0.3) is 0 Å². The van der Waals surface area contributed by atoms with Crippen LogP contribution in [0, 0.1) is 5.92 Å². The maximum atomic E-state index is 13.2. The summed E-state index contributed by atoms with van der Waals surface area (Å²) < 4.78 is 12.1. The molecule has 0 aliphatic heterocycles. The third-order valence-electron chi connectivity index (χ3n) is 5.67. The van der Waals surface area contributed by atoms with Gasteiger partial charge in [0, 0.05) is 26.8 Å². The van der Waals surface area contributed by atoms with E-state index in [-0.39, 0.29) is 24.5 Å². The van der Waals surface area contributed by atoms with E-state index in [1.54, 1.807) is 6.92 Å². The molecule has 13 heteroatoms. The normalized spacial score (nSPS) is 14.8. The summed E-state index contributed by atoms with van der Waals surface area (Å²) in [6.45, 7) is 4.79. The van der Waals surface area contributed by atoms with Crippen molar-refractivity contribution in [3.8, 4) is 5.75 Å². The first-order valence-electron chi connectivity index (χ1n) is 11.1. The predicted molar refractivity (Wildman–Crippen MR) is 126 cm³/mol. The molecule has 196 valence electrons. The number of likely N-dealkylation sites (N-methyl/N-ethyl adjacent to an activating group) is 1. The highest BCUT2D eigenvalue weighted by Crippen LogP contribution is 2.41. The summed E-state index contributed by atoms with van der Waals surface area (Å²) in [6.07, 6.45) is -0.545. The zero-order valence-corrected chi connectivity index (χ0v) is 21.1. The second-order valence-electron chi connectivity index (χ2n) is 8.45. The average molecular weight is 516 g/mol. The van der Waals surface area contributed by atoms with Crippen molar-refractivity contribution in [2.75, 3.05) is 7.05 Å². The van der Waals surface area contributed by atoms with Gasteiger partial charge in [0.05, 0.1) is 0 Å². The maximum Gasteiger partial charge on any atom is 0.347 e. The fourth-order valence-electron chi connectivity index (χ4n) is 3.41. The lowest BCUT2D eigenvalue weighted by Crippen LogP contribution is -2.57. The molecule has 4 unspecified atom stereocenters. The lowest BCUT2D eigenvalue weighted by Gasteiger charge is -2.33. The molecule has 0 saturated heterocycles. The van der Waals surface area contributed by atoms with Gasteiger partial charge in [0.2, 0.25) is 17.7 Å². The SMILES string of the molecule is CCC(C)C(NC(C)=O)C(=O)N(C)C(CCC(=O)O)C(=O)NC(Cc1ccc(O)cc1)P(=O)(O)O. The predicted octanol–water partition coefficient (Wildman–Crippen LogP) is 0.797. The Morgan fingerprint density at radius 2 is 1.66 bits per heavy atom. The third-order valence-corrected chi connectivity index (χ3v) is 6.79. The highest BCUT2D eigenvalue weighted by Gasteiger charge is 2.37. The first-order chi connectivity index (χ1) is 16.2. The number of nitrogens with one attached hydrogen (secondary N) is 2. The number of carboxylic acids is 1. The Hall–Kier alpha value is -2.95. The van der Waals surface area contributed by atoms with E-state index in [1.165, 1.54) is 38.2 Å². The Kier molecular flexibility index (Phi) is 11.4. The molecular weight excluding hydrogens is 481 g/mol.